The van der Waals surface area contributed by atoms with Crippen LogP contribution in [0.4, 0.5) is 4.39 Å². The third-order valence-electron chi connectivity index (χ3n) is 2.86. The van der Waals surface area contributed by atoms with Gasteiger partial charge in [0.05, 0.1) is 0 Å². The third-order valence-corrected chi connectivity index (χ3v) is 2.86. The van der Waals surface area contributed by atoms with Crippen LogP contribution in [0.25, 0.3) is 0 Å². The molecule has 0 heterocycles. The molecule has 1 fully saturated rings. The molecule has 2 heteroatoms. The molecule has 1 aliphatic carbocycles. The Kier molecular flexibility index (Phi) is 2.14. The van der Waals surface area contributed by atoms with E-state index in [1.165, 1.54) is 6.07 Å². The normalized spacial score (nSPS) is 24.8. The van der Waals surface area contributed by atoms with E-state index in [1.807, 2.05) is 13.0 Å². The molecule has 0 amide bonds. The quantitative estimate of drug-likeness (QED) is 0.704. The number of aryl methyl sites for hydroxylation is 1. The van der Waals surface area contributed by atoms with Crippen molar-refractivity contribution in [3.63, 3.8) is 0 Å². The van der Waals surface area contributed by atoms with Crippen LogP contribution in [0.5, 0.6) is 0 Å². The van der Waals surface area contributed by atoms with E-state index in [2.05, 4.69) is 0 Å². The average molecular weight is 192 g/mol. The van der Waals surface area contributed by atoms with E-state index >= 15 is 0 Å². The van der Waals surface area contributed by atoms with Crippen LogP contribution in [0.1, 0.15) is 30.4 Å². The van der Waals surface area contributed by atoms with Crippen LogP contribution in [-0.4, -0.2) is 5.78 Å². The number of ketones is 1. The molecule has 1 aromatic carbocycles. The smallest absolute Gasteiger partial charge is 0.133 e. The van der Waals surface area contributed by atoms with Gasteiger partial charge in [0.15, 0.2) is 0 Å². The largest absolute Gasteiger partial charge is 0.300 e. The van der Waals surface area contributed by atoms with Crippen molar-refractivity contribution in [2.45, 2.75) is 26.2 Å². The Hall–Kier alpha value is -1.18. The fourth-order valence-electron chi connectivity index (χ4n) is 1.94. The summed E-state index contributed by atoms with van der Waals surface area (Å²) in [5, 5.41) is 0. The van der Waals surface area contributed by atoms with Gasteiger partial charge in [-0.25, -0.2) is 4.39 Å². The molecule has 14 heavy (non-hydrogen) atoms. The Morgan fingerprint density at radius 3 is 2.79 bits per heavy atom. The molecule has 1 nitrogen and oxygen atoms in total. The van der Waals surface area contributed by atoms with E-state index in [1.54, 1.807) is 13.0 Å². The van der Waals surface area contributed by atoms with Crippen molar-refractivity contribution in [1.82, 2.24) is 0 Å². The van der Waals surface area contributed by atoms with Gasteiger partial charge in [-0.15, -0.1) is 0 Å². The molecule has 2 atom stereocenters. The Bertz CT molecular complexity index is 384. The second-order valence-corrected chi connectivity index (χ2v) is 4.08. The zero-order chi connectivity index (χ0) is 10.3. The molecule has 0 aromatic heterocycles. The van der Waals surface area contributed by atoms with Crippen molar-refractivity contribution in [2.24, 2.45) is 5.92 Å². The monoisotopic (exact) mass is 192 g/mol. The maximum atomic E-state index is 13.4. The predicted octanol–water partition coefficient (Wildman–Crippen LogP) is 2.83. The molecule has 0 spiro atoms. The first-order valence-electron chi connectivity index (χ1n) is 4.86. The van der Waals surface area contributed by atoms with Gasteiger partial charge in [-0.3, -0.25) is 4.79 Å². The molecule has 2 rings (SSSR count). The second kappa shape index (κ2) is 3.19. The molecule has 2 unspecified atom stereocenters. The average Bonchev–Trinajstić information content (AvgIpc) is 2.88. The van der Waals surface area contributed by atoms with Crippen LogP contribution in [0, 0.1) is 18.7 Å². The molecule has 0 bridgehead atoms. The van der Waals surface area contributed by atoms with Gasteiger partial charge >= 0.3 is 0 Å². The number of hydrogen-bond acceptors (Lipinski definition) is 1. The molecule has 1 aliphatic rings. The lowest BCUT2D eigenvalue weighted by atomic mass is 10.0. The van der Waals surface area contributed by atoms with E-state index in [9.17, 15) is 9.18 Å². The molecule has 0 saturated heterocycles. The van der Waals surface area contributed by atoms with Gasteiger partial charge in [0.2, 0.25) is 0 Å². The summed E-state index contributed by atoms with van der Waals surface area (Å²) < 4.78 is 13.4. The van der Waals surface area contributed by atoms with Crippen LogP contribution in [-0.2, 0) is 4.79 Å². The highest BCUT2D eigenvalue weighted by Crippen LogP contribution is 2.48. The Labute approximate surface area is 82.9 Å². The summed E-state index contributed by atoms with van der Waals surface area (Å²) in [6, 6.07) is 5.09. The summed E-state index contributed by atoms with van der Waals surface area (Å²) in [5.41, 5.74) is 1.76. The minimum absolute atomic E-state index is 0.0614. The molecule has 1 aromatic rings. The lowest BCUT2D eigenvalue weighted by Crippen LogP contribution is -1.97. The molecule has 74 valence electrons. The fourth-order valence-corrected chi connectivity index (χ4v) is 1.94. The van der Waals surface area contributed by atoms with Gasteiger partial charge in [0.25, 0.3) is 0 Å². The Morgan fingerprint density at radius 1 is 1.50 bits per heavy atom. The molecule has 0 radical (unpaired) electrons. The van der Waals surface area contributed by atoms with Crippen LogP contribution >= 0.6 is 0 Å². The minimum atomic E-state index is -0.177. The van der Waals surface area contributed by atoms with Crippen molar-refractivity contribution in [3.8, 4) is 0 Å². The third kappa shape index (κ3) is 1.57. The van der Waals surface area contributed by atoms with E-state index in [-0.39, 0.29) is 23.4 Å². The van der Waals surface area contributed by atoms with Crippen LogP contribution < -0.4 is 0 Å². The number of Topliss-reactive ketones (excluding diaryl/α,β-unsaturated/α-hetero) is 1. The van der Waals surface area contributed by atoms with Gasteiger partial charge in [-0.05, 0) is 37.8 Å². The molecule has 1 saturated carbocycles. The molecule has 0 aliphatic heterocycles. The first-order chi connectivity index (χ1) is 6.59. The van der Waals surface area contributed by atoms with Crippen molar-refractivity contribution < 1.29 is 9.18 Å². The summed E-state index contributed by atoms with van der Waals surface area (Å²) in [7, 11) is 0. The molecular formula is C12H13FO. The first kappa shape index (κ1) is 9.38. The summed E-state index contributed by atoms with van der Waals surface area (Å²) in [6.07, 6.45) is 0.815. The lowest BCUT2D eigenvalue weighted by molar-refractivity contribution is -0.118. The van der Waals surface area contributed by atoms with Crippen LogP contribution in [0.3, 0.4) is 0 Å². The van der Waals surface area contributed by atoms with Gasteiger partial charge in [-0.2, -0.15) is 0 Å². The summed E-state index contributed by atoms with van der Waals surface area (Å²) >= 11 is 0. The highest BCUT2D eigenvalue weighted by Gasteiger charge is 2.42. The summed E-state index contributed by atoms with van der Waals surface area (Å²) in [6.45, 7) is 3.52. The predicted molar refractivity (Wildman–Crippen MR) is 52.7 cm³/mol. The Balaban J connectivity index is 2.26. The zero-order valence-corrected chi connectivity index (χ0v) is 8.38. The van der Waals surface area contributed by atoms with Crippen LogP contribution in [0.15, 0.2) is 18.2 Å². The van der Waals surface area contributed by atoms with Gasteiger partial charge in [0, 0.05) is 5.92 Å². The van der Waals surface area contributed by atoms with E-state index in [4.69, 9.17) is 0 Å². The number of rotatable bonds is 2. The van der Waals surface area contributed by atoms with Crippen LogP contribution in [0.2, 0.25) is 0 Å². The van der Waals surface area contributed by atoms with E-state index in [0.29, 0.717) is 5.56 Å². The van der Waals surface area contributed by atoms with Crippen molar-refractivity contribution in [2.75, 3.05) is 0 Å². The number of carbonyl (C=O) groups is 1. The van der Waals surface area contributed by atoms with Gasteiger partial charge in [-0.1, -0.05) is 17.7 Å². The fraction of sp³-hybridized carbons (Fsp3) is 0.417. The summed E-state index contributed by atoms with van der Waals surface area (Å²) in [4.78, 5) is 11.1. The number of benzene rings is 1. The maximum Gasteiger partial charge on any atom is 0.133 e. The van der Waals surface area contributed by atoms with Crippen molar-refractivity contribution in [3.05, 3.63) is 35.1 Å². The standard InChI is InChI=1S/C12H13FO/c1-7-3-4-12(13)11(5-7)10-6-9(10)8(2)14/h3-5,9-10H,6H2,1-2H3. The highest BCUT2D eigenvalue weighted by atomic mass is 19.1. The maximum absolute atomic E-state index is 13.4. The number of halogens is 1. The summed E-state index contributed by atoms with van der Waals surface area (Å²) in [5.74, 6) is 0.193. The number of hydrogen-bond donors (Lipinski definition) is 0. The lowest BCUT2D eigenvalue weighted by Gasteiger charge is -2.02. The minimum Gasteiger partial charge on any atom is -0.300 e. The van der Waals surface area contributed by atoms with Gasteiger partial charge in [0.1, 0.15) is 11.6 Å². The Morgan fingerprint density at radius 2 is 2.21 bits per heavy atom. The van der Waals surface area contributed by atoms with Crippen molar-refractivity contribution >= 4 is 5.78 Å². The van der Waals surface area contributed by atoms with Gasteiger partial charge < -0.3 is 0 Å². The van der Waals surface area contributed by atoms with E-state index in [0.717, 1.165) is 12.0 Å². The molecule has 0 N–H and O–H groups in total. The highest BCUT2D eigenvalue weighted by molar-refractivity contribution is 5.82. The number of carbonyl (C=O) groups excluding carboxylic acids is 1. The SMILES string of the molecule is CC(=O)C1CC1c1cc(C)ccc1F. The first-order valence-corrected chi connectivity index (χ1v) is 4.86. The zero-order valence-electron chi connectivity index (χ0n) is 8.38. The van der Waals surface area contributed by atoms with E-state index < -0.39 is 0 Å². The molecular weight excluding hydrogens is 179 g/mol. The van der Waals surface area contributed by atoms with Crippen molar-refractivity contribution in [1.29, 1.82) is 0 Å². The topological polar surface area (TPSA) is 17.1 Å². The second-order valence-electron chi connectivity index (χ2n) is 4.08.